The maximum absolute atomic E-state index is 11.8. The van der Waals surface area contributed by atoms with Crippen molar-refractivity contribution in [1.82, 2.24) is 19.9 Å². The Morgan fingerprint density at radius 3 is 2.46 bits per heavy atom. The Kier molecular flexibility index (Phi) is 6.65. The van der Waals surface area contributed by atoms with Crippen molar-refractivity contribution < 1.29 is 32.3 Å². The van der Waals surface area contributed by atoms with E-state index in [0.29, 0.717) is 11.7 Å². The van der Waals surface area contributed by atoms with Crippen molar-refractivity contribution in [3.8, 4) is 0 Å². The molecule has 1 fully saturated rings. The molecular weight excluding hydrogens is 383 g/mol. The van der Waals surface area contributed by atoms with Gasteiger partial charge < -0.3 is 19.4 Å². The SMILES string of the molecule is Cc1nc(NC(=O)NC2CC(Cn3ccnc3)C2)oc1C.O=C(O)C(F)(F)F. The number of anilines is 1. The highest BCUT2D eigenvalue weighted by atomic mass is 19.4. The second kappa shape index (κ2) is 8.76. The number of carbonyl (C=O) groups excluding carboxylic acids is 1. The van der Waals surface area contributed by atoms with Crippen molar-refractivity contribution in [3.63, 3.8) is 0 Å². The number of oxazole rings is 1. The number of carboxylic acid groups (broad SMARTS) is 1. The van der Waals surface area contributed by atoms with Gasteiger partial charge in [0.15, 0.2) is 0 Å². The van der Waals surface area contributed by atoms with E-state index in [0.717, 1.165) is 25.1 Å². The summed E-state index contributed by atoms with van der Waals surface area (Å²) in [6, 6.07) is 0.204. The number of aliphatic carboxylic acids is 1. The number of hydrogen-bond acceptors (Lipinski definition) is 5. The molecule has 9 nitrogen and oxygen atoms in total. The topological polar surface area (TPSA) is 122 Å². The van der Waals surface area contributed by atoms with Crippen molar-refractivity contribution >= 4 is 18.0 Å². The van der Waals surface area contributed by atoms with Crippen molar-refractivity contribution in [3.05, 3.63) is 30.2 Å². The molecule has 0 unspecified atom stereocenters. The molecule has 2 amide bonds. The Morgan fingerprint density at radius 1 is 1.36 bits per heavy atom. The van der Waals surface area contributed by atoms with E-state index in [4.69, 9.17) is 14.3 Å². The van der Waals surface area contributed by atoms with Crippen LogP contribution < -0.4 is 10.6 Å². The van der Waals surface area contributed by atoms with Gasteiger partial charge in [-0.2, -0.15) is 18.2 Å². The van der Waals surface area contributed by atoms with Crippen LogP contribution in [0.2, 0.25) is 0 Å². The predicted molar refractivity (Wildman–Crippen MR) is 90.6 cm³/mol. The molecule has 1 saturated carbocycles. The van der Waals surface area contributed by atoms with Gasteiger partial charge in [-0.1, -0.05) is 0 Å². The van der Waals surface area contributed by atoms with Crippen LogP contribution in [0.25, 0.3) is 0 Å². The largest absolute Gasteiger partial charge is 0.490 e. The summed E-state index contributed by atoms with van der Waals surface area (Å²) in [5, 5.41) is 12.7. The summed E-state index contributed by atoms with van der Waals surface area (Å²) in [6.07, 6.45) is 2.44. The quantitative estimate of drug-likeness (QED) is 0.722. The summed E-state index contributed by atoms with van der Waals surface area (Å²) in [5.74, 6) is -1.45. The average Bonchev–Trinajstić information content (AvgIpc) is 3.15. The number of carboxylic acids is 1. The van der Waals surface area contributed by atoms with Crippen LogP contribution in [0.4, 0.5) is 24.0 Å². The number of hydrogen-bond donors (Lipinski definition) is 3. The first-order chi connectivity index (χ1) is 13.0. The van der Waals surface area contributed by atoms with Crippen LogP contribution in [0.1, 0.15) is 24.3 Å². The Labute approximate surface area is 158 Å². The number of imidazole rings is 1. The van der Waals surface area contributed by atoms with Gasteiger partial charge in [-0.25, -0.2) is 14.6 Å². The van der Waals surface area contributed by atoms with Gasteiger partial charge in [0, 0.05) is 25.0 Å². The highest BCUT2D eigenvalue weighted by molar-refractivity contribution is 5.87. The Bertz CT molecular complexity index is 778. The van der Waals surface area contributed by atoms with Gasteiger partial charge in [0.05, 0.1) is 12.0 Å². The molecule has 0 aromatic carbocycles. The third-order valence-electron chi connectivity index (χ3n) is 4.09. The Hall–Kier alpha value is -3.05. The van der Waals surface area contributed by atoms with Crippen LogP contribution in [0.15, 0.2) is 23.1 Å². The first-order valence-corrected chi connectivity index (χ1v) is 8.32. The molecule has 2 aromatic heterocycles. The lowest BCUT2D eigenvalue weighted by atomic mass is 9.80. The molecule has 2 heterocycles. The molecule has 154 valence electrons. The maximum Gasteiger partial charge on any atom is 0.490 e. The fourth-order valence-electron chi connectivity index (χ4n) is 2.54. The average molecular weight is 403 g/mol. The first-order valence-electron chi connectivity index (χ1n) is 8.32. The van der Waals surface area contributed by atoms with Crippen LogP contribution in [0, 0.1) is 19.8 Å². The second-order valence-corrected chi connectivity index (χ2v) is 6.36. The number of urea groups is 1. The van der Waals surface area contributed by atoms with Gasteiger partial charge in [-0.15, -0.1) is 0 Å². The number of alkyl halides is 3. The minimum atomic E-state index is -5.08. The summed E-state index contributed by atoms with van der Waals surface area (Å²) in [5.41, 5.74) is 0.786. The highest BCUT2D eigenvalue weighted by Gasteiger charge is 2.38. The molecule has 0 radical (unpaired) electrons. The fourth-order valence-corrected chi connectivity index (χ4v) is 2.54. The summed E-state index contributed by atoms with van der Waals surface area (Å²) < 4.78 is 39.1. The van der Waals surface area contributed by atoms with Gasteiger partial charge in [0.25, 0.3) is 0 Å². The molecule has 0 spiro atoms. The Morgan fingerprint density at radius 2 is 2.00 bits per heavy atom. The molecule has 0 aliphatic heterocycles. The molecule has 0 bridgehead atoms. The summed E-state index contributed by atoms with van der Waals surface area (Å²) in [4.78, 5) is 28.9. The van der Waals surface area contributed by atoms with Crippen LogP contribution >= 0.6 is 0 Å². The molecule has 0 saturated heterocycles. The zero-order valence-corrected chi connectivity index (χ0v) is 15.2. The summed E-state index contributed by atoms with van der Waals surface area (Å²) in [7, 11) is 0. The van der Waals surface area contributed by atoms with E-state index in [-0.39, 0.29) is 18.1 Å². The predicted octanol–water partition coefficient (Wildman–Crippen LogP) is 2.72. The number of nitrogens with zero attached hydrogens (tertiary/aromatic N) is 3. The third kappa shape index (κ3) is 6.28. The molecule has 3 rings (SSSR count). The number of amides is 2. The zero-order valence-electron chi connectivity index (χ0n) is 15.2. The minimum Gasteiger partial charge on any atom is -0.475 e. The molecule has 28 heavy (non-hydrogen) atoms. The van der Waals surface area contributed by atoms with E-state index in [1.165, 1.54) is 0 Å². The molecule has 0 atom stereocenters. The second-order valence-electron chi connectivity index (χ2n) is 6.36. The molecule has 1 aliphatic carbocycles. The first kappa shape index (κ1) is 21.3. The number of nitrogens with one attached hydrogen (secondary N) is 2. The van der Waals surface area contributed by atoms with Gasteiger partial charge in [0.2, 0.25) is 0 Å². The van der Waals surface area contributed by atoms with Gasteiger partial charge in [-0.05, 0) is 32.6 Å². The van der Waals surface area contributed by atoms with Crippen LogP contribution in [-0.4, -0.2) is 43.9 Å². The number of halogens is 3. The lowest BCUT2D eigenvalue weighted by Crippen LogP contribution is -2.46. The molecule has 3 N–H and O–H groups in total. The molecular formula is C16H20F3N5O4. The van der Waals surface area contributed by atoms with Crippen molar-refractivity contribution in [2.45, 2.75) is 45.5 Å². The summed E-state index contributed by atoms with van der Waals surface area (Å²) >= 11 is 0. The van der Waals surface area contributed by atoms with Crippen LogP contribution in [-0.2, 0) is 11.3 Å². The van der Waals surface area contributed by atoms with E-state index in [9.17, 15) is 18.0 Å². The molecule has 1 aliphatic rings. The fraction of sp³-hybridized carbons (Fsp3) is 0.500. The summed E-state index contributed by atoms with van der Waals surface area (Å²) in [6.45, 7) is 4.62. The monoisotopic (exact) mass is 403 g/mol. The lowest BCUT2D eigenvalue weighted by molar-refractivity contribution is -0.192. The van der Waals surface area contributed by atoms with E-state index in [1.807, 2.05) is 26.4 Å². The van der Waals surface area contributed by atoms with E-state index in [2.05, 4.69) is 25.2 Å². The van der Waals surface area contributed by atoms with Crippen LogP contribution in [0.5, 0.6) is 0 Å². The highest BCUT2D eigenvalue weighted by Crippen LogP contribution is 2.28. The van der Waals surface area contributed by atoms with Gasteiger partial charge in [-0.3, -0.25) is 5.32 Å². The minimum absolute atomic E-state index is 0.218. The lowest BCUT2D eigenvalue weighted by Gasteiger charge is -2.35. The zero-order chi connectivity index (χ0) is 20.9. The third-order valence-corrected chi connectivity index (χ3v) is 4.09. The number of aromatic nitrogens is 3. The van der Waals surface area contributed by atoms with Crippen LogP contribution in [0.3, 0.4) is 0 Å². The molecule has 2 aromatic rings. The van der Waals surface area contributed by atoms with Crippen molar-refractivity contribution in [2.75, 3.05) is 5.32 Å². The van der Waals surface area contributed by atoms with Gasteiger partial charge in [0.1, 0.15) is 5.76 Å². The number of carbonyl (C=O) groups is 2. The molecule has 12 heteroatoms. The standard InChI is InChI=1S/C14H19N5O2.C2HF3O2/c1-9-10(2)21-14(16-9)18-13(20)17-12-5-11(6-12)7-19-4-3-15-8-19;3-2(4,5)1(6)7/h3-4,8,11-12H,5-7H2,1-2H3,(H2,16,17,18,20);(H,6,7). The Balaban J connectivity index is 0.000000345. The normalized spacial score (nSPS) is 18.5. The maximum atomic E-state index is 11.8. The van der Waals surface area contributed by atoms with E-state index < -0.39 is 12.1 Å². The van der Waals surface area contributed by atoms with Crippen molar-refractivity contribution in [1.29, 1.82) is 0 Å². The smallest absolute Gasteiger partial charge is 0.475 e. The number of rotatable bonds is 4. The van der Waals surface area contributed by atoms with Gasteiger partial charge >= 0.3 is 24.2 Å². The van der Waals surface area contributed by atoms with Crippen molar-refractivity contribution in [2.24, 2.45) is 5.92 Å². The van der Waals surface area contributed by atoms with E-state index >= 15 is 0 Å². The number of aryl methyl sites for hydroxylation is 2. The van der Waals surface area contributed by atoms with E-state index in [1.54, 1.807) is 6.20 Å².